The predicted octanol–water partition coefficient (Wildman–Crippen LogP) is 4.57. The maximum Gasteiger partial charge on any atom is 0.255 e. The Bertz CT molecular complexity index is 1040. The van der Waals surface area contributed by atoms with Crippen molar-refractivity contribution in [3.8, 4) is 0 Å². The number of allylic oxidation sites excluding steroid dienone is 7. The molecule has 0 aromatic heterocycles. The van der Waals surface area contributed by atoms with Gasteiger partial charge in [0, 0.05) is 18.2 Å². The molecule has 1 saturated heterocycles. The van der Waals surface area contributed by atoms with Crippen molar-refractivity contribution < 1.29 is 14.1 Å². The van der Waals surface area contributed by atoms with Crippen LogP contribution in [0.15, 0.2) is 95.3 Å². The lowest BCUT2D eigenvalue weighted by Crippen LogP contribution is -2.30. The summed E-state index contributed by atoms with van der Waals surface area (Å²) >= 11 is 0. The SMILES string of the molecule is O=C1C2=CC=CCC=C2C(c2ccc(F)cc2)N1CC1=CC=C([N+](=O)[O-])CC=C1. The van der Waals surface area contributed by atoms with Crippen molar-refractivity contribution in [2.45, 2.75) is 18.9 Å². The molecule has 0 radical (unpaired) electrons. The third-order valence-corrected chi connectivity index (χ3v) is 5.20. The first-order valence-electron chi connectivity index (χ1n) is 9.39. The Kier molecular flexibility index (Phi) is 5.08. The molecule has 29 heavy (non-hydrogen) atoms. The molecule has 0 N–H and O–H groups in total. The zero-order chi connectivity index (χ0) is 20.4. The van der Waals surface area contributed by atoms with Gasteiger partial charge < -0.3 is 4.90 Å². The molecule has 0 spiro atoms. The average Bonchev–Trinajstić information content (AvgIpc) is 2.96. The van der Waals surface area contributed by atoms with Crippen molar-refractivity contribution in [1.82, 2.24) is 4.90 Å². The van der Waals surface area contributed by atoms with E-state index in [2.05, 4.69) is 0 Å². The van der Waals surface area contributed by atoms with Crippen LogP contribution in [0.3, 0.4) is 0 Å². The smallest absolute Gasteiger partial charge is 0.255 e. The number of rotatable bonds is 4. The van der Waals surface area contributed by atoms with E-state index in [1.165, 1.54) is 18.2 Å². The molecule has 1 amide bonds. The molecule has 6 heteroatoms. The molecule has 146 valence electrons. The molecule has 1 fully saturated rings. The number of carbonyl (C=O) groups is 1. The largest absolute Gasteiger partial charge is 0.323 e. The summed E-state index contributed by atoms with van der Waals surface area (Å²) in [5.74, 6) is -0.432. The van der Waals surface area contributed by atoms with Crippen LogP contribution in [0.25, 0.3) is 0 Å². The van der Waals surface area contributed by atoms with Crippen LogP contribution in [0, 0.1) is 15.9 Å². The lowest BCUT2D eigenvalue weighted by atomic mass is 9.96. The standard InChI is InChI=1S/C23H19FN2O3/c24-18-12-10-17(11-13-18)22-20-7-2-1-3-8-21(20)23(27)25(22)15-16-5-4-6-19(14-9-16)26(28)29/h1,3-5,7-14,22H,2,6,15H2. The summed E-state index contributed by atoms with van der Waals surface area (Å²) in [6, 6.07) is 5.86. The number of halogens is 1. The summed E-state index contributed by atoms with van der Waals surface area (Å²) in [7, 11) is 0. The third kappa shape index (κ3) is 3.74. The van der Waals surface area contributed by atoms with E-state index in [9.17, 15) is 19.3 Å². The highest BCUT2D eigenvalue weighted by Gasteiger charge is 2.40. The third-order valence-electron chi connectivity index (χ3n) is 5.20. The van der Waals surface area contributed by atoms with Crippen molar-refractivity contribution in [3.63, 3.8) is 0 Å². The fourth-order valence-corrected chi connectivity index (χ4v) is 3.80. The molecule has 2 aliphatic carbocycles. The first kappa shape index (κ1) is 18.8. The summed E-state index contributed by atoms with van der Waals surface area (Å²) in [6.45, 7) is 0.303. The van der Waals surface area contributed by atoms with E-state index >= 15 is 0 Å². The molecule has 1 aliphatic heterocycles. The van der Waals surface area contributed by atoms with Gasteiger partial charge >= 0.3 is 0 Å². The Labute approximate surface area is 167 Å². The number of hydrogen-bond donors (Lipinski definition) is 0. The van der Waals surface area contributed by atoms with Crippen LogP contribution in [0.5, 0.6) is 0 Å². The van der Waals surface area contributed by atoms with Crippen LogP contribution in [0.1, 0.15) is 24.4 Å². The molecule has 0 saturated carbocycles. The summed E-state index contributed by atoms with van der Waals surface area (Å²) in [4.78, 5) is 25.6. The normalized spacial score (nSPS) is 20.9. The van der Waals surface area contributed by atoms with Gasteiger partial charge in [-0.25, -0.2) is 4.39 Å². The Morgan fingerprint density at radius 3 is 2.69 bits per heavy atom. The topological polar surface area (TPSA) is 63.5 Å². The number of nitro groups is 1. The second kappa shape index (κ2) is 7.83. The minimum atomic E-state index is -0.397. The van der Waals surface area contributed by atoms with E-state index in [1.54, 1.807) is 29.2 Å². The molecule has 0 bridgehead atoms. The summed E-state index contributed by atoms with van der Waals surface area (Å²) in [6.07, 6.45) is 15.4. The molecule has 3 aliphatic rings. The lowest BCUT2D eigenvalue weighted by Gasteiger charge is -2.26. The number of amides is 1. The minimum Gasteiger partial charge on any atom is -0.323 e. The molecule has 1 heterocycles. The molecular formula is C23H19FN2O3. The fraction of sp³-hybridized carbons (Fsp3) is 0.174. The summed E-state index contributed by atoms with van der Waals surface area (Å²) in [5, 5.41) is 11.0. The van der Waals surface area contributed by atoms with Crippen LogP contribution in [-0.2, 0) is 4.79 Å². The van der Waals surface area contributed by atoms with E-state index in [-0.39, 0.29) is 29.9 Å². The van der Waals surface area contributed by atoms with Crippen LogP contribution < -0.4 is 0 Å². The lowest BCUT2D eigenvalue weighted by molar-refractivity contribution is -0.426. The minimum absolute atomic E-state index is 0.103. The Balaban J connectivity index is 1.73. The molecule has 1 aromatic carbocycles. The number of likely N-dealkylation sites (tertiary alicyclic amines) is 1. The summed E-state index contributed by atoms with van der Waals surface area (Å²) in [5.41, 5.74) is 3.28. The second-order valence-electron chi connectivity index (χ2n) is 7.05. The number of nitrogens with zero attached hydrogens (tertiary/aromatic N) is 2. The molecule has 5 nitrogen and oxygen atoms in total. The Morgan fingerprint density at radius 1 is 1.14 bits per heavy atom. The van der Waals surface area contributed by atoms with Gasteiger partial charge in [-0.3, -0.25) is 14.9 Å². The molecular weight excluding hydrogens is 371 g/mol. The zero-order valence-corrected chi connectivity index (χ0v) is 15.6. The van der Waals surface area contributed by atoms with E-state index in [0.717, 1.165) is 16.7 Å². The molecule has 1 unspecified atom stereocenters. The monoisotopic (exact) mass is 390 g/mol. The predicted molar refractivity (Wildman–Crippen MR) is 108 cm³/mol. The highest BCUT2D eigenvalue weighted by atomic mass is 19.1. The van der Waals surface area contributed by atoms with Crippen LogP contribution in [-0.4, -0.2) is 22.3 Å². The van der Waals surface area contributed by atoms with Crippen LogP contribution in [0.2, 0.25) is 0 Å². The van der Waals surface area contributed by atoms with E-state index in [0.29, 0.717) is 18.5 Å². The highest BCUT2D eigenvalue weighted by molar-refractivity contribution is 6.03. The van der Waals surface area contributed by atoms with E-state index < -0.39 is 4.92 Å². The van der Waals surface area contributed by atoms with Gasteiger partial charge in [-0.15, -0.1) is 0 Å². The maximum absolute atomic E-state index is 13.5. The number of carbonyl (C=O) groups excluding carboxylic acids is 1. The van der Waals surface area contributed by atoms with Gasteiger partial charge in [0.1, 0.15) is 5.82 Å². The zero-order valence-electron chi connectivity index (χ0n) is 15.6. The van der Waals surface area contributed by atoms with Gasteiger partial charge in [0.2, 0.25) is 5.70 Å². The van der Waals surface area contributed by atoms with Crippen molar-refractivity contribution >= 4 is 5.91 Å². The first-order chi connectivity index (χ1) is 14.0. The maximum atomic E-state index is 13.5. The van der Waals surface area contributed by atoms with Crippen molar-refractivity contribution in [1.29, 1.82) is 0 Å². The van der Waals surface area contributed by atoms with Crippen molar-refractivity contribution in [3.05, 3.63) is 117 Å². The summed E-state index contributed by atoms with van der Waals surface area (Å²) < 4.78 is 13.5. The fourth-order valence-electron chi connectivity index (χ4n) is 3.80. The number of hydrogen-bond acceptors (Lipinski definition) is 3. The number of fused-ring (bicyclic) bond motifs is 1. The van der Waals surface area contributed by atoms with E-state index in [1.807, 2.05) is 30.4 Å². The van der Waals surface area contributed by atoms with Gasteiger partial charge in [0.25, 0.3) is 5.91 Å². The van der Waals surface area contributed by atoms with Crippen molar-refractivity contribution in [2.24, 2.45) is 0 Å². The molecule has 4 rings (SSSR count). The number of benzene rings is 1. The van der Waals surface area contributed by atoms with Crippen LogP contribution in [0.4, 0.5) is 4.39 Å². The Hall–Kier alpha value is -3.54. The van der Waals surface area contributed by atoms with E-state index in [4.69, 9.17) is 0 Å². The van der Waals surface area contributed by atoms with Gasteiger partial charge in [-0.2, -0.15) is 0 Å². The molecule has 1 aromatic rings. The van der Waals surface area contributed by atoms with Crippen molar-refractivity contribution in [2.75, 3.05) is 6.54 Å². The van der Waals surface area contributed by atoms with Gasteiger partial charge in [0.15, 0.2) is 0 Å². The highest BCUT2D eigenvalue weighted by Crippen LogP contribution is 2.42. The van der Waals surface area contributed by atoms with Gasteiger partial charge in [0.05, 0.1) is 17.4 Å². The van der Waals surface area contributed by atoms with Gasteiger partial charge in [-0.05, 0) is 41.3 Å². The first-order valence-corrected chi connectivity index (χ1v) is 9.39. The van der Waals surface area contributed by atoms with Crippen LogP contribution >= 0.6 is 0 Å². The van der Waals surface area contributed by atoms with Gasteiger partial charge in [-0.1, -0.05) is 48.6 Å². The second-order valence-corrected chi connectivity index (χ2v) is 7.05. The quantitative estimate of drug-likeness (QED) is 0.559. The molecule has 1 atom stereocenters. The average molecular weight is 390 g/mol. The Morgan fingerprint density at radius 2 is 1.93 bits per heavy atom.